The molecule has 3 aromatic heterocycles. The summed E-state index contributed by atoms with van der Waals surface area (Å²) in [6.45, 7) is -0.0509. The molecule has 3 aromatic rings. The lowest BCUT2D eigenvalue weighted by atomic mass is 10.2. The largest absolute Gasteiger partial charge is 0.478 e. The topological polar surface area (TPSA) is 115 Å². The second-order valence-electron chi connectivity index (χ2n) is 3.93. The Labute approximate surface area is 111 Å². The number of hydrogen-bond acceptors (Lipinski definition) is 6. The number of carbonyl (C=O) groups is 1. The fourth-order valence-corrected chi connectivity index (χ4v) is 1.78. The Balaban J connectivity index is 2.08. The van der Waals surface area contributed by atoms with Crippen LogP contribution in [0.3, 0.4) is 0 Å². The van der Waals surface area contributed by atoms with E-state index in [1.807, 2.05) is 0 Å². The van der Waals surface area contributed by atoms with Gasteiger partial charge >= 0.3 is 11.7 Å². The van der Waals surface area contributed by atoms with Crippen molar-refractivity contribution in [1.29, 1.82) is 0 Å². The summed E-state index contributed by atoms with van der Waals surface area (Å²) in [5.74, 6) is -1.15. The van der Waals surface area contributed by atoms with E-state index < -0.39 is 11.7 Å². The van der Waals surface area contributed by atoms with Crippen molar-refractivity contribution in [3.8, 4) is 0 Å². The zero-order valence-corrected chi connectivity index (χ0v) is 10.0. The number of aromatic nitrogens is 6. The fraction of sp³-hybridized carbons (Fsp3) is 0.0909. The second-order valence-corrected chi connectivity index (χ2v) is 3.93. The Bertz CT molecular complexity index is 852. The van der Waals surface area contributed by atoms with Gasteiger partial charge in [-0.2, -0.15) is 0 Å². The second kappa shape index (κ2) is 4.53. The smallest absolute Gasteiger partial charge is 0.350 e. The third-order valence-electron chi connectivity index (χ3n) is 2.71. The van der Waals surface area contributed by atoms with Gasteiger partial charge in [0, 0.05) is 18.6 Å². The van der Waals surface area contributed by atoms with Crippen LogP contribution in [-0.2, 0) is 6.54 Å². The lowest BCUT2D eigenvalue weighted by Crippen LogP contribution is -2.23. The molecule has 1 N–H and O–H groups in total. The van der Waals surface area contributed by atoms with E-state index in [2.05, 4.69) is 20.1 Å². The van der Waals surface area contributed by atoms with Crippen LogP contribution in [0.4, 0.5) is 0 Å². The first-order chi connectivity index (χ1) is 9.66. The maximum Gasteiger partial charge on any atom is 0.350 e. The number of aromatic carboxylic acids is 1. The van der Waals surface area contributed by atoms with Gasteiger partial charge in [0.15, 0.2) is 5.65 Å². The Morgan fingerprint density at radius 1 is 1.30 bits per heavy atom. The van der Waals surface area contributed by atoms with E-state index in [1.54, 1.807) is 0 Å². The summed E-state index contributed by atoms with van der Waals surface area (Å²) >= 11 is 0. The van der Waals surface area contributed by atoms with Crippen LogP contribution in [0.25, 0.3) is 5.65 Å². The SMILES string of the molecule is O=C(O)c1cncnc1Cn1nc2cnccn2c1=O. The third kappa shape index (κ3) is 1.90. The molecule has 100 valence electrons. The number of rotatable bonds is 3. The van der Waals surface area contributed by atoms with Crippen molar-refractivity contribution < 1.29 is 9.90 Å². The molecule has 0 spiro atoms. The molecule has 0 aliphatic carbocycles. The molecule has 0 aromatic carbocycles. The monoisotopic (exact) mass is 272 g/mol. The lowest BCUT2D eigenvalue weighted by molar-refractivity contribution is 0.0694. The molecule has 0 atom stereocenters. The highest BCUT2D eigenvalue weighted by molar-refractivity contribution is 5.88. The first-order valence-corrected chi connectivity index (χ1v) is 5.58. The lowest BCUT2D eigenvalue weighted by Gasteiger charge is -2.02. The van der Waals surface area contributed by atoms with Crippen molar-refractivity contribution in [1.82, 2.24) is 29.1 Å². The maximum atomic E-state index is 12.1. The Kier molecular flexibility index (Phi) is 2.71. The van der Waals surface area contributed by atoms with Gasteiger partial charge in [-0.05, 0) is 0 Å². The standard InChI is InChI=1S/C11H8N6O3/c18-10(19)7-3-13-6-14-8(7)5-17-11(20)16-2-1-12-4-9(16)15-17/h1-4,6H,5H2,(H,18,19). The zero-order valence-electron chi connectivity index (χ0n) is 10.0. The molecule has 0 fully saturated rings. The summed E-state index contributed by atoms with van der Waals surface area (Å²) in [5, 5.41) is 13.1. The number of hydrogen-bond donors (Lipinski definition) is 1. The van der Waals surface area contributed by atoms with E-state index in [0.717, 1.165) is 4.68 Å². The molecule has 9 heteroatoms. The summed E-state index contributed by atoms with van der Waals surface area (Å²) in [5.41, 5.74) is 0.140. The average molecular weight is 272 g/mol. The van der Waals surface area contributed by atoms with Crippen LogP contribution in [0, 0.1) is 0 Å². The van der Waals surface area contributed by atoms with Gasteiger partial charge in [0.1, 0.15) is 11.9 Å². The van der Waals surface area contributed by atoms with Crippen molar-refractivity contribution >= 4 is 11.6 Å². The molecule has 3 rings (SSSR count). The molecule has 3 heterocycles. The van der Waals surface area contributed by atoms with Crippen LogP contribution >= 0.6 is 0 Å². The van der Waals surface area contributed by atoms with Crippen LogP contribution in [0.1, 0.15) is 16.1 Å². The van der Waals surface area contributed by atoms with E-state index in [-0.39, 0.29) is 17.8 Å². The molecule has 0 aliphatic heterocycles. The van der Waals surface area contributed by atoms with Crippen LogP contribution in [0.5, 0.6) is 0 Å². The molecule has 0 radical (unpaired) electrons. The quantitative estimate of drug-likeness (QED) is 0.678. The molecule has 20 heavy (non-hydrogen) atoms. The molecule has 0 bridgehead atoms. The Morgan fingerprint density at radius 2 is 2.15 bits per heavy atom. The fourth-order valence-electron chi connectivity index (χ4n) is 1.78. The van der Waals surface area contributed by atoms with Crippen LogP contribution in [-0.4, -0.2) is 40.2 Å². The van der Waals surface area contributed by atoms with E-state index in [0.29, 0.717) is 5.65 Å². The predicted molar refractivity (Wildman–Crippen MR) is 65.3 cm³/mol. The predicted octanol–water partition coefficient (Wildman–Crippen LogP) is -0.573. The molecule has 0 unspecified atom stereocenters. The first kappa shape index (κ1) is 12.0. The highest BCUT2D eigenvalue weighted by Gasteiger charge is 2.14. The van der Waals surface area contributed by atoms with Gasteiger partial charge in [0.05, 0.1) is 18.4 Å². The van der Waals surface area contributed by atoms with Crippen molar-refractivity contribution in [2.45, 2.75) is 6.54 Å². The summed E-state index contributed by atoms with van der Waals surface area (Å²) in [6, 6.07) is 0. The van der Waals surface area contributed by atoms with Gasteiger partial charge in [-0.1, -0.05) is 0 Å². The van der Waals surface area contributed by atoms with Crippen LogP contribution < -0.4 is 5.69 Å². The number of carboxylic acid groups (broad SMARTS) is 1. The summed E-state index contributed by atoms with van der Waals surface area (Å²) in [7, 11) is 0. The summed E-state index contributed by atoms with van der Waals surface area (Å²) in [4.78, 5) is 34.5. The molecule has 0 aliphatic rings. The minimum Gasteiger partial charge on any atom is -0.478 e. The molecular formula is C11H8N6O3. The van der Waals surface area contributed by atoms with Gasteiger partial charge in [0.25, 0.3) is 0 Å². The normalized spacial score (nSPS) is 10.8. The molecule has 0 amide bonds. The highest BCUT2D eigenvalue weighted by Crippen LogP contribution is 2.05. The summed E-state index contributed by atoms with van der Waals surface area (Å²) in [6.07, 6.45) is 6.81. The van der Waals surface area contributed by atoms with Gasteiger partial charge in [-0.15, -0.1) is 5.10 Å². The molecular weight excluding hydrogens is 264 g/mol. The average Bonchev–Trinajstić information content (AvgIpc) is 2.76. The number of nitrogens with zero attached hydrogens (tertiary/aromatic N) is 6. The third-order valence-corrected chi connectivity index (χ3v) is 2.71. The van der Waals surface area contributed by atoms with Gasteiger partial charge < -0.3 is 5.11 Å². The molecule has 0 saturated heterocycles. The van der Waals surface area contributed by atoms with Crippen LogP contribution in [0.2, 0.25) is 0 Å². The van der Waals surface area contributed by atoms with E-state index in [1.165, 1.54) is 35.5 Å². The molecule has 9 nitrogen and oxygen atoms in total. The van der Waals surface area contributed by atoms with Gasteiger partial charge in [-0.3, -0.25) is 4.98 Å². The minimum absolute atomic E-state index is 0.0509. The van der Waals surface area contributed by atoms with E-state index >= 15 is 0 Å². The number of carboxylic acids is 1. The maximum absolute atomic E-state index is 12.1. The zero-order chi connectivity index (χ0) is 14.1. The van der Waals surface area contributed by atoms with Gasteiger partial charge in [-0.25, -0.2) is 28.6 Å². The molecule has 0 saturated carbocycles. The first-order valence-electron chi connectivity index (χ1n) is 5.58. The van der Waals surface area contributed by atoms with E-state index in [9.17, 15) is 9.59 Å². The highest BCUT2D eigenvalue weighted by atomic mass is 16.4. The van der Waals surface area contributed by atoms with Crippen molar-refractivity contribution in [3.63, 3.8) is 0 Å². The number of fused-ring (bicyclic) bond motifs is 1. The van der Waals surface area contributed by atoms with Crippen molar-refractivity contribution in [2.75, 3.05) is 0 Å². The van der Waals surface area contributed by atoms with Crippen molar-refractivity contribution in [2.24, 2.45) is 0 Å². The Morgan fingerprint density at radius 3 is 2.90 bits per heavy atom. The van der Waals surface area contributed by atoms with Gasteiger partial charge in [0.2, 0.25) is 0 Å². The van der Waals surface area contributed by atoms with Crippen LogP contribution in [0.15, 0.2) is 35.9 Å². The van der Waals surface area contributed by atoms with E-state index in [4.69, 9.17) is 5.11 Å². The Hall–Kier alpha value is -3.10. The summed E-state index contributed by atoms with van der Waals surface area (Å²) < 4.78 is 2.44. The minimum atomic E-state index is -1.15. The van der Waals surface area contributed by atoms with Crippen molar-refractivity contribution in [3.05, 3.63) is 52.9 Å².